The van der Waals surface area contributed by atoms with Crippen LogP contribution in [0, 0.1) is 17.8 Å². The minimum absolute atomic E-state index is 0.0134. The average Bonchev–Trinajstić information content (AvgIpc) is 2.72. The second-order valence-corrected chi connectivity index (χ2v) is 8.14. The molecule has 0 aromatic rings. The molecule has 2 heterocycles. The summed E-state index contributed by atoms with van der Waals surface area (Å²) in [7, 11) is 3.68. The molecular weight excluding hydrogens is 309 g/mol. The molecule has 21 heavy (non-hydrogen) atoms. The standard InChI is InChI=1S/C16H25Cl2NO2/c1-19-10-4-6-14(19)15(16(20)21-2)11(8-10)9-3-5-12(17)13(18)7-9/h9-15H,3-8H2,1-2H3/t9?,10-,11-,12?,13?,14?,15?/m1/s1. The van der Waals surface area contributed by atoms with Crippen molar-refractivity contribution in [1.82, 2.24) is 4.90 Å². The highest BCUT2D eigenvalue weighted by Gasteiger charge is 2.51. The molecule has 0 aromatic heterocycles. The summed E-state index contributed by atoms with van der Waals surface area (Å²) in [6.07, 6.45) is 6.44. The molecule has 2 bridgehead atoms. The first kappa shape index (κ1) is 15.9. The third-order valence-corrected chi connectivity index (χ3v) is 7.26. The van der Waals surface area contributed by atoms with E-state index in [2.05, 4.69) is 11.9 Å². The van der Waals surface area contributed by atoms with Gasteiger partial charge in [0.05, 0.1) is 18.4 Å². The summed E-state index contributed by atoms with van der Waals surface area (Å²) >= 11 is 12.7. The van der Waals surface area contributed by atoms with Gasteiger partial charge in [0, 0.05) is 17.5 Å². The summed E-state index contributed by atoms with van der Waals surface area (Å²) in [5.41, 5.74) is 0. The predicted molar refractivity (Wildman–Crippen MR) is 84.8 cm³/mol. The zero-order valence-electron chi connectivity index (χ0n) is 12.8. The van der Waals surface area contributed by atoms with Gasteiger partial charge in [0.25, 0.3) is 0 Å². The van der Waals surface area contributed by atoms with Crippen molar-refractivity contribution in [1.29, 1.82) is 0 Å². The van der Waals surface area contributed by atoms with Gasteiger partial charge < -0.3 is 4.74 Å². The molecule has 0 N–H and O–H groups in total. The van der Waals surface area contributed by atoms with Crippen molar-refractivity contribution in [2.45, 2.75) is 61.4 Å². The van der Waals surface area contributed by atoms with Crippen LogP contribution in [0.3, 0.4) is 0 Å². The Hall–Kier alpha value is 0.01000. The van der Waals surface area contributed by atoms with E-state index in [1.165, 1.54) is 13.5 Å². The van der Waals surface area contributed by atoms with Crippen molar-refractivity contribution in [2.24, 2.45) is 17.8 Å². The van der Waals surface area contributed by atoms with E-state index in [-0.39, 0.29) is 22.6 Å². The number of fused-ring (bicyclic) bond motifs is 2. The van der Waals surface area contributed by atoms with Crippen LogP contribution < -0.4 is 0 Å². The van der Waals surface area contributed by atoms with Gasteiger partial charge in [0.2, 0.25) is 0 Å². The van der Waals surface area contributed by atoms with E-state index in [0.717, 1.165) is 32.1 Å². The van der Waals surface area contributed by atoms with E-state index in [1.807, 2.05) is 0 Å². The second kappa shape index (κ2) is 6.25. The molecule has 2 saturated heterocycles. The molecule has 1 saturated carbocycles. The Bertz CT molecular complexity index is 406. The lowest BCUT2D eigenvalue weighted by atomic mass is 9.68. The number of ether oxygens (including phenoxy) is 1. The number of rotatable bonds is 2. The number of nitrogens with zero attached hydrogens (tertiary/aromatic N) is 1. The first-order valence-corrected chi connectivity index (χ1v) is 8.98. The molecule has 3 nitrogen and oxygen atoms in total. The minimum atomic E-state index is -0.0312. The normalized spacial score (nSPS) is 47.3. The van der Waals surface area contributed by atoms with Crippen molar-refractivity contribution in [3.8, 4) is 0 Å². The first-order chi connectivity index (χ1) is 10.0. The fraction of sp³-hybridized carbons (Fsp3) is 0.938. The van der Waals surface area contributed by atoms with Crippen LogP contribution in [0.1, 0.15) is 38.5 Å². The van der Waals surface area contributed by atoms with E-state index in [1.54, 1.807) is 0 Å². The van der Waals surface area contributed by atoms with Crippen molar-refractivity contribution in [3.63, 3.8) is 0 Å². The number of hydrogen-bond donors (Lipinski definition) is 0. The van der Waals surface area contributed by atoms with Gasteiger partial charge in [-0.25, -0.2) is 0 Å². The fourth-order valence-corrected chi connectivity index (χ4v) is 5.54. The van der Waals surface area contributed by atoms with Gasteiger partial charge in [-0.15, -0.1) is 23.2 Å². The van der Waals surface area contributed by atoms with Crippen LogP contribution in [0.2, 0.25) is 0 Å². The minimum Gasteiger partial charge on any atom is -0.469 e. The van der Waals surface area contributed by atoms with Gasteiger partial charge in [-0.05, 0) is 57.4 Å². The summed E-state index contributed by atoms with van der Waals surface area (Å²) in [5, 5.41) is 0.128. The Morgan fingerprint density at radius 2 is 1.86 bits per heavy atom. The lowest BCUT2D eigenvalue weighted by Crippen LogP contribution is -2.52. The zero-order valence-corrected chi connectivity index (χ0v) is 14.3. The fourth-order valence-electron chi connectivity index (χ4n) is 4.96. The van der Waals surface area contributed by atoms with Gasteiger partial charge >= 0.3 is 5.97 Å². The van der Waals surface area contributed by atoms with Crippen molar-refractivity contribution >= 4 is 29.2 Å². The number of carbonyl (C=O) groups is 1. The van der Waals surface area contributed by atoms with Crippen LogP contribution in [0.4, 0.5) is 0 Å². The van der Waals surface area contributed by atoms with E-state index < -0.39 is 0 Å². The van der Waals surface area contributed by atoms with Gasteiger partial charge in [0.15, 0.2) is 0 Å². The maximum atomic E-state index is 12.4. The van der Waals surface area contributed by atoms with Gasteiger partial charge in [0.1, 0.15) is 0 Å². The lowest BCUT2D eigenvalue weighted by molar-refractivity contribution is -0.154. The molecule has 120 valence electrons. The summed E-state index contributed by atoms with van der Waals surface area (Å²) in [6, 6.07) is 0.979. The van der Waals surface area contributed by atoms with Crippen LogP contribution in [0.15, 0.2) is 0 Å². The molecular formula is C16H25Cl2NO2. The highest BCUT2D eigenvalue weighted by Crippen LogP contribution is 2.49. The van der Waals surface area contributed by atoms with Crippen molar-refractivity contribution < 1.29 is 9.53 Å². The van der Waals surface area contributed by atoms with Gasteiger partial charge in [-0.1, -0.05) is 0 Å². The molecule has 5 unspecified atom stereocenters. The molecule has 3 rings (SSSR count). The number of esters is 1. The van der Waals surface area contributed by atoms with Crippen molar-refractivity contribution in [3.05, 3.63) is 0 Å². The largest absolute Gasteiger partial charge is 0.469 e. The average molecular weight is 334 g/mol. The highest BCUT2D eigenvalue weighted by atomic mass is 35.5. The number of piperidine rings is 1. The SMILES string of the molecule is COC(=O)C1C2CC[C@H](C[C@@H]1C1CCC(Cl)C(Cl)C1)N2C. The van der Waals surface area contributed by atoms with Gasteiger partial charge in [-0.3, -0.25) is 9.69 Å². The summed E-state index contributed by atoms with van der Waals surface area (Å²) in [4.78, 5) is 14.8. The maximum absolute atomic E-state index is 12.4. The quantitative estimate of drug-likeness (QED) is 0.573. The lowest BCUT2D eigenvalue weighted by Gasteiger charge is -2.46. The molecule has 2 aliphatic heterocycles. The molecule has 3 fully saturated rings. The topological polar surface area (TPSA) is 29.5 Å². The Labute approximate surface area is 137 Å². The molecule has 0 radical (unpaired) electrons. The Morgan fingerprint density at radius 1 is 1.10 bits per heavy atom. The number of methoxy groups -OCH3 is 1. The second-order valence-electron chi connectivity index (χ2n) is 7.02. The summed E-state index contributed by atoms with van der Waals surface area (Å²) in [6.45, 7) is 0. The number of halogens is 2. The van der Waals surface area contributed by atoms with Gasteiger partial charge in [-0.2, -0.15) is 0 Å². The zero-order chi connectivity index (χ0) is 15.1. The van der Waals surface area contributed by atoms with Crippen LogP contribution >= 0.6 is 23.2 Å². The van der Waals surface area contributed by atoms with E-state index in [4.69, 9.17) is 27.9 Å². The van der Waals surface area contributed by atoms with E-state index in [0.29, 0.717) is 23.9 Å². The monoisotopic (exact) mass is 333 g/mol. The predicted octanol–water partition coefficient (Wildman–Crippen LogP) is 3.27. The van der Waals surface area contributed by atoms with E-state index in [9.17, 15) is 4.79 Å². The molecule has 0 aromatic carbocycles. The van der Waals surface area contributed by atoms with Crippen molar-refractivity contribution in [2.75, 3.05) is 14.2 Å². The first-order valence-electron chi connectivity index (χ1n) is 8.10. The third kappa shape index (κ3) is 2.82. The summed E-state index contributed by atoms with van der Waals surface area (Å²) in [5.74, 6) is 0.913. The van der Waals surface area contributed by atoms with Crippen LogP contribution in [-0.4, -0.2) is 47.9 Å². The number of alkyl halides is 2. The molecule has 0 amide bonds. The molecule has 0 spiro atoms. The third-order valence-electron chi connectivity index (χ3n) is 6.13. The Balaban J connectivity index is 1.80. The molecule has 5 heteroatoms. The van der Waals surface area contributed by atoms with Crippen LogP contribution in [0.25, 0.3) is 0 Å². The highest BCUT2D eigenvalue weighted by molar-refractivity contribution is 6.30. The molecule has 1 aliphatic carbocycles. The Kier molecular flexibility index (Phi) is 4.73. The van der Waals surface area contributed by atoms with E-state index >= 15 is 0 Å². The summed E-state index contributed by atoms with van der Waals surface area (Å²) < 4.78 is 5.13. The smallest absolute Gasteiger partial charge is 0.310 e. The number of carbonyl (C=O) groups excluding carboxylic acids is 1. The maximum Gasteiger partial charge on any atom is 0.310 e. The van der Waals surface area contributed by atoms with Crippen LogP contribution in [-0.2, 0) is 9.53 Å². The molecule has 7 atom stereocenters. The van der Waals surface area contributed by atoms with Crippen LogP contribution in [0.5, 0.6) is 0 Å². The Morgan fingerprint density at radius 3 is 2.52 bits per heavy atom. The molecule has 3 aliphatic rings. The number of hydrogen-bond acceptors (Lipinski definition) is 3.